The van der Waals surface area contributed by atoms with Crippen LogP contribution in [0.4, 0.5) is 0 Å². The Bertz CT molecular complexity index is 1130. The van der Waals surface area contributed by atoms with Crippen LogP contribution in [0, 0.1) is 0 Å². The molecule has 0 bridgehead atoms. The zero-order valence-corrected chi connectivity index (χ0v) is 13.4. The van der Waals surface area contributed by atoms with Gasteiger partial charge in [0.1, 0.15) is 0 Å². The Kier molecular flexibility index (Phi) is 3.18. The van der Waals surface area contributed by atoms with Gasteiger partial charge < -0.3 is 0 Å². The van der Waals surface area contributed by atoms with Gasteiger partial charge in [-0.25, -0.2) is 9.38 Å². The van der Waals surface area contributed by atoms with Crippen LogP contribution in [-0.4, -0.2) is 9.38 Å². The molecule has 0 fully saturated rings. The number of hydrogen-bond acceptors (Lipinski definition) is 3. The first kappa shape index (κ1) is 13.8. The van der Waals surface area contributed by atoms with Gasteiger partial charge in [-0.05, 0) is 35.9 Å². The summed E-state index contributed by atoms with van der Waals surface area (Å²) < 4.78 is 2.26. The molecule has 0 saturated heterocycles. The molecule has 3 nitrogen and oxygen atoms in total. The molecule has 0 unspecified atom stereocenters. The lowest BCUT2D eigenvalue weighted by molar-refractivity contribution is 1.19. The van der Waals surface area contributed by atoms with E-state index >= 15 is 0 Å². The zero-order valence-electron chi connectivity index (χ0n) is 11.1. The highest BCUT2D eigenvalue weighted by atomic mass is 35.5. The highest BCUT2D eigenvalue weighted by Crippen LogP contribution is 2.23. The number of rotatable bonds is 1. The summed E-state index contributed by atoms with van der Waals surface area (Å²) in [5, 5.41) is 0.961. The van der Waals surface area contributed by atoms with Gasteiger partial charge >= 0.3 is 0 Å². The second-order valence-electron chi connectivity index (χ2n) is 4.81. The van der Waals surface area contributed by atoms with E-state index in [0.29, 0.717) is 19.5 Å². The lowest BCUT2D eigenvalue weighted by Gasteiger charge is -1.96. The van der Waals surface area contributed by atoms with Crippen LogP contribution in [-0.2, 0) is 0 Å². The monoisotopic (exact) mass is 346 g/mol. The fraction of sp³-hybridized carbons (Fsp3) is 0. The molecule has 0 aliphatic carbocycles. The van der Waals surface area contributed by atoms with Crippen molar-refractivity contribution in [3.63, 3.8) is 0 Å². The van der Waals surface area contributed by atoms with Gasteiger partial charge in [0, 0.05) is 0 Å². The van der Waals surface area contributed by atoms with Crippen LogP contribution in [0.25, 0.3) is 22.1 Å². The second-order valence-corrected chi connectivity index (χ2v) is 6.63. The highest BCUT2D eigenvalue weighted by Gasteiger charge is 2.10. The molecule has 0 radical (unpaired) electrons. The Hall–Kier alpha value is -1.88. The van der Waals surface area contributed by atoms with Crippen LogP contribution in [0.3, 0.4) is 0 Å². The molecule has 2 aromatic carbocycles. The maximum absolute atomic E-state index is 12.6. The standard InChI is InChI=1S/C16H8Cl2N2OS/c17-10-6-5-9(7-11(10)18)8-14-15(21)20-13-4-2-1-3-12(13)19-16(20)22-14/h1-8H. The largest absolute Gasteiger partial charge is 0.274 e. The van der Waals surface area contributed by atoms with Crippen LogP contribution in [0.1, 0.15) is 5.56 Å². The van der Waals surface area contributed by atoms with Gasteiger partial charge in [-0.2, -0.15) is 0 Å². The third kappa shape index (κ3) is 2.11. The summed E-state index contributed by atoms with van der Waals surface area (Å²) in [6.45, 7) is 0. The smallest absolute Gasteiger partial charge is 0.267 e. The van der Waals surface area contributed by atoms with E-state index in [2.05, 4.69) is 4.98 Å². The molecule has 0 aliphatic heterocycles. The summed E-state index contributed by atoms with van der Waals surface area (Å²) in [7, 11) is 0. The number of aromatic nitrogens is 2. The number of nitrogens with zero attached hydrogens (tertiary/aromatic N) is 2. The molecule has 2 heterocycles. The van der Waals surface area contributed by atoms with Crippen molar-refractivity contribution in [3.8, 4) is 0 Å². The molecular formula is C16H8Cl2N2OS. The number of thiazole rings is 1. The van der Waals surface area contributed by atoms with E-state index < -0.39 is 0 Å². The summed E-state index contributed by atoms with van der Waals surface area (Å²) in [5.74, 6) is 0. The number of hydrogen-bond donors (Lipinski definition) is 0. The predicted molar refractivity (Wildman–Crippen MR) is 92.1 cm³/mol. The first-order chi connectivity index (χ1) is 10.6. The Morgan fingerprint density at radius 3 is 2.73 bits per heavy atom. The van der Waals surface area contributed by atoms with E-state index in [4.69, 9.17) is 23.2 Å². The van der Waals surface area contributed by atoms with Crippen LogP contribution >= 0.6 is 34.5 Å². The maximum Gasteiger partial charge on any atom is 0.274 e. The van der Waals surface area contributed by atoms with Crippen LogP contribution in [0.15, 0.2) is 47.3 Å². The van der Waals surface area contributed by atoms with Gasteiger partial charge in [0.15, 0.2) is 4.96 Å². The molecule has 2 aromatic heterocycles. The molecule has 4 aromatic rings. The minimum Gasteiger partial charge on any atom is -0.267 e. The zero-order chi connectivity index (χ0) is 15.3. The second kappa shape index (κ2) is 5.09. The summed E-state index contributed by atoms with van der Waals surface area (Å²) in [5.41, 5.74) is 2.42. The van der Waals surface area contributed by atoms with Crippen LogP contribution < -0.4 is 10.1 Å². The van der Waals surface area contributed by atoms with Crippen LogP contribution in [0.2, 0.25) is 10.0 Å². The van der Waals surface area contributed by atoms with Crippen molar-refractivity contribution in [1.82, 2.24) is 9.38 Å². The van der Waals surface area contributed by atoms with Crippen molar-refractivity contribution < 1.29 is 0 Å². The van der Waals surface area contributed by atoms with Gasteiger partial charge in [0.25, 0.3) is 5.56 Å². The SMILES string of the molecule is O=c1c(=Cc2ccc(Cl)c(Cl)c2)sc2nc3ccccc3n12. The van der Waals surface area contributed by atoms with Crippen molar-refractivity contribution in [3.05, 3.63) is 73.0 Å². The molecule has 0 amide bonds. The predicted octanol–water partition coefficient (Wildman–Crippen LogP) is 3.76. The topological polar surface area (TPSA) is 34.4 Å². The van der Waals surface area contributed by atoms with E-state index in [9.17, 15) is 4.79 Å². The lowest BCUT2D eigenvalue weighted by atomic mass is 10.2. The van der Waals surface area contributed by atoms with Gasteiger partial charge in [-0.15, -0.1) is 0 Å². The molecule has 0 N–H and O–H groups in total. The van der Waals surface area contributed by atoms with Crippen molar-refractivity contribution in [2.45, 2.75) is 0 Å². The molecule has 0 atom stereocenters. The fourth-order valence-electron chi connectivity index (χ4n) is 2.37. The average Bonchev–Trinajstić information content (AvgIpc) is 3.00. The first-order valence-electron chi connectivity index (χ1n) is 6.50. The molecule has 0 saturated carbocycles. The number of benzene rings is 2. The number of halogens is 2. The minimum absolute atomic E-state index is 0.0697. The van der Waals surface area contributed by atoms with Crippen molar-refractivity contribution >= 4 is 56.6 Å². The van der Waals surface area contributed by atoms with Gasteiger partial charge in [0.05, 0.1) is 25.6 Å². The van der Waals surface area contributed by atoms with Crippen molar-refractivity contribution in [2.24, 2.45) is 0 Å². The van der Waals surface area contributed by atoms with E-state index in [-0.39, 0.29) is 5.56 Å². The molecule has 108 valence electrons. The summed E-state index contributed by atoms with van der Waals surface area (Å²) in [6.07, 6.45) is 1.80. The summed E-state index contributed by atoms with van der Waals surface area (Å²) in [6, 6.07) is 12.9. The maximum atomic E-state index is 12.6. The van der Waals surface area contributed by atoms with E-state index in [1.165, 1.54) is 11.3 Å². The van der Waals surface area contributed by atoms with Crippen LogP contribution in [0.5, 0.6) is 0 Å². The molecular weight excluding hydrogens is 339 g/mol. The van der Waals surface area contributed by atoms with E-state index in [1.54, 1.807) is 22.6 Å². The average molecular weight is 347 g/mol. The molecule has 0 spiro atoms. The Morgan fingerprint density at radius 2 is 1.91 bits per heavy atom. The van der Waals surface area contributed by atoms with Crippen molar-refractivity contribution in [1.29, 1.82) is 0 Å². The van der Waals surface area contributed by atoms with Gasteiger partial charge in [0.2, 0.25) is 0 Å². The van der Waals surface area contributed by atoms with Gasteiger partial charge in [-0.3, -0.25) is 4.79 Å². The molecule has 0 aliphatic rings. The number of para-hydroxylation sites is 2. The normalized spacial score (nSPS) is 12.5. The Balaban J connectivity index is 1.99. The summed E-state index contributed by atoms with van der Waals surface area (Å²) >= 11 is 13.3. The minimum atomic E-state index is -0.0697. The molecule has 4 rings (SSSR count). The van der Waals surface area contributed by atoms with Gasteiger partial charge in [-0.1, -0.05) is 52.7 Å². The van der Waals surface area contributed by atoms with E-state index in [0.717, 1.165) is 16.6 Å². The third-order valence-corrected chi connectivity index (χ3v) is 5.09. The van der Waals surface area contributed by atoms with E-state index in [1.807, 2.05) is 30.3 Å². The summed E-state index contributed by atoms with van der Waals surface area (Å²) in [4.78, 5) is 17.8. The third-order valence-electron chi connectivity index (χ3n) is 3.39. The fourth-order valence-corrected chi connectivity index (χ4v) is 3.66. The lowest BCUT2D eigenvalue weighted by Crippen LogP contribution is -2.22. The quantitative estimate of drug-likeness (QED) is 0.525. The first-order valence-corrected chi connectivity index (χ1v) is 8.07. The highest BCUT2D eigenvalue weighted by molar-refractivity contribution is 7.15. The number of imidazole rings is 1. The molecule has 6 heteroatoms. The molecule has 22 heavy (non-hydrogen) atoms. The Morgan fingerprint density at radius 1 is 1.09 bits per heavy atom. The van der Waals surface area contributed by atoms with Crippen molar-refractivity contribution in [2.75, 3.05) is 0 Å². The Labute approximate surface area is 139 Å². The number of fused-ring (bicyclic) bond motifs is 3.